The molecule has 0 amide bonds. The Morgan fingerprint density at radius 3 is 2.62 bits per heavy atom. The molecule has 4 nitrogen and oxygen atoms in total. The molecule has 3 aromatic rings. The van der Waals surface area contributed by atoms with Crippen molar-refractivity contribution >= 4 is 5.65 Å². The second-order valence-corrected chi connectivity index (χ2v) is 4.75. The number of aromatic nitrogens is 2. The largest absolute Gasteiger partial charge is 0.497 e. The number of rotatable bonds is 4. The number of benzene rings is 1. The predicted molar refractivity (Wildman–Crippen MR) is 79.9 cm³/mol. The minimum absolute atomic E-state index is 0.297. The van der Waals surface area contributed by atoms with Crippen LogP contribution in [-0.2, 0) is 6.42 Å². The zero-order chi connectivity index (χ0) is 14.8. The highest BCUT2D eigenvalue weighted by atomic mass is 19.1. The number of fused-ring (bicyclic) bond motifs is 1. The number of ether oxygens (including phenoxy) is 1. The molecule has 0 saturated heterocycles. The highest BCUT2D eigenvalue weighted by Crippen LogP contribution is 2.27. The molecule has 2 heterocycles. The van der Waals surface area contributed by atoms with Gasteiger partial charge in [0.2, 0.25) is 0 Å². The Balaban J connectivity index is 2.21. The monoisotopic (exact) mass is 285 g/mol. The van der Waals surface area contributed by atoms with Crippen LogP contribution in [0, 0.1) is 5.82 Å². The summed E-state index contributed by atoms with van der Waals surface area (Å²) in [5.74, 6) is 0.480. The van der Waals surface area contributed by atoms with Gasteiger partial charge in [0.25, 0.3) is 0 Å². The van der Waals surface area contributed by atoms with E-state index in [2.05, 4.69) is 4.98 Å². The van der Waals surface area contributed by atoms with Crippen molar-refractivity contribution in [3.8, 4) is 17.0 Å². The van der Waals surface area contributed by atoms with Gasteiger partial charge in [-0.25, -0.2) is 9.37 Å². The van der Waals surface area contributed by atoms with Gasteiger partial charge < -0.3 is 10.5 Å². The van der Waals surface area contributed by atoms with Crippen LogP contribution in [0.15, 0.2) is 42.6 Å². The molecule has 0 aliphatic rings. The lowest BCUT2D eigenvalue weighted by atomic mass is 10.1. The van der Waals surface area contributed by atoms with E-state index in [1.165, 1.54) is 12.3 Å². The van der Waals surface area contributed by atoms with Crippen LogP contribution in [0.5, 0.6) is 5.75 Å². The van der Waals surface area contributed by atoms with Crippen LogP contribution >= 0.6 is 0 Å². The summed E-state index contributed by atoms with van der Waals surface area (Å²) < 4.78 is 20.5. The maximum Gasteiger partial charge on any atom is 0.139 e. The molecule has 108 valence electrons. The molecule has 2 N–H and O–H groups in total. The molecule has 0 spiro atoms. The van der Waals surface area contributed by atoms with Crippen LogP contribution in [-0.4, -0.2) is 23.0 Å². The summed E-state index contributed by atoms with van der Waals surface area (Å²) in [5, 5.41) is 0. The SMILES string of the molecule is COc1ccc(-c2c(CCN)nc3ccc(F)cn23)cc1. The van der Waals surface area contributed by atoms with Crippen LogP contribution < -0.4 is 10.5 Å². The van der Waals surface area contributed by atoms with E-state index in [9.17, 15) is 4.39 Å². The van der Waals surface area contributed by atoms with Crippen LogP contribution in [0.2, 0.25) is 0 Å². The van der Waals surface area contributed by atoms with Gasteiger partial charge in [-0.3, -0.25) is 4.40 Å². The number of pyridine rings is 1. The number of imidazole rings is 1. The highest BCUT2D eigenvalue weighted by molar-refractivity contribution is 5.68. The van der Waals surface area contributed by atoms with Gasteiger partial charge in [0.05, 0.1) is 18.5 Å². The maximum absolute atomic E-state index is 13.6. The maximum atomic E-state index is 13.6. The fraction of sp³-hybridized carbons (Fsp3) is 0.188. The van der Waals surface area contributed by atoms with Crippen molar-refractivity contribution in [2.45, 2.75) is 6.42 Å². The first-order valence-electron chi connectivity index (χ1n) is 6.74. The van der Waals surface area contributed by atoms with Gasteiger partial charge in [-0.05, 0) is 42.9 Å². The first kappa shape index (κ1) is 13.6. The summed E-state index contributed by atoms with van der Waals surface area (Å²) in [6, 6.07) is 10.7. The standard InChI is InChI=1S/C16H16FN3O/c1-21-13-5-2-11(3-6-13)16-14(8-9-18)19-15-7-4-12(17)10-20(15)16/h2-7,10H,8-9,18H2,1H3. The second-order valence-electron chi connectivity index (χ2n) is 4.75. The van der Waals surface area contributed by atoms with Gasteiger partial charge in [0, 0.05) is 18.2 Å². The van der Waals surface area contributed by atoms with Crippen molar-refractivity contribution in [1.82, 2.24) is 9.38 Å². The summed E-state index contributed by atoms with van der Waals surface area (Å²) in [6.45, 7) is 0.496. The normalized spacial score (nSPS) is 11.0. The van der Waals surface area contributed by atoms with Crippen molar-refractivity contribution in [1.29, 1.82) is 0 Å². The lowest BCUT2D eigenvalue weighted by Crippen LogP contribution is -2.04. The first-order chi connectivity index (χ1) is 10.2. The Kier molecular flexibility index (Phi) is 3.58. The van der Waals surface area contributed by atoms with Gasteiger partial charge in [0.15, 0.2) is 0 Å². The summed E-state index contributed by atoms with van der Waals surface area (Å²) >= 11 is 0. The molecule has 0 bridgehead atoms. The van der Waals surface area contributed by atoms with Crippen molar-refractivity contribution in [2.75, 3.05) is 13.7 Å². The third-order valence-electron chi connectivity index (χ3n) is 3.40. The quantitative estimate of drug-likeness (QED) is 0.801. The highest BCUT2D eigenvalue weighted by Gasteiger charge is 2.14. The average molecular weight is 285 g/mol. The third-order valence-corrected chi connectivity index (χ3v) is 3.40. The van der Waals surface area contributed by atoms with Crippen molar-refractivity contribution in [2.24, 2.45) is 5.73 Å². The number of hydrogen-bond donors (Lipinski definition) is 1. The van der Waals surface area contributed by atoms with Crippen molar-refractivity contribution in [3.63, 3.8) is 0 Å². The third kappa shape index (κ3) is 2.48. The van der Waals surface area contributed by atoms with Gasteiger partial charge in [-0.15, -0.1) is 0 Å². The van der Waals surface area contributed by atoms with E-state index in [4.69, 9.17) is 10.5 Å². The van der Waals surface area contributed by atoms with Gasteiger partial charge >= 0.3 is 0 Å². The van der Waals surface area contributed by atoms with E-state index in [0.717, 1.165) is 22.7 Å². The molecule has 0 radical (unpaired) electrons. The average Bonchev–Trinajstić information content (AvgIpc) is 2.85. The molecule has 0 fully saturated rings. The lowest BCUT2D eigenvalue weighted by Gasteiger charge is -2.06. The first-order valence-corrected chi connectivity index (χ1v) is 6.74. The minimum Gasteiger partial charge on any atom is -0.497 e. The smallest absolute Gasteiger partial charge is 0.139 e. The van der Waals surface area contributed by atoms with E-state index in [0.29, 0.717) is 18.6 Å². The Hall–Kier alpha value is -2.40. The van der Waals surface area contributed by atoms with E-state index in [-0.39, 0.29) is 5.82 Å². The van der Waals surface area contributed by atoms with Crippen LogP contribution in [0.3, 0.4) is 0 Å². The van der Waals surface area contributed by atoms with E-state index < -0.39 is 0 Å². The molecule has 0 atom stereocenters. The zero-order valence-electron chi connectivity index (χ0n) is 11.7. The molecule has 0 aliphatic carbocycles. The number of nitrogens with zero attached hydrogens (tertiary/aromatic N) is 2. The Bertz CT molecular complexity index is 765. The van der Waals surface area contributed by atoms with Crippen molar-refractivity contribution in [3.05, 3.63) is 54.1 Å². The molecule has 0 unspecified atom stereocenters. The number of methoxy groups -OCH3 is 1. The number of hydrogen-bond acceptors (Lipinski definition) is 3. The summed E-state index contributed by atoms with van der Waals surface area (Å²) in [6.07, 6.45) is 2.09. The molecule has 1 aromatic carbocycles. The topological polar surface area (TPSA) is 52.5 Å². The van der Waals surface area contributed by atoms with Crippen molar-refractivity contribution < 1.29 is 9.13 Å². The predicted octanol–water partition coefficient (Wildman–Crippen LogP) is 2.65. The van der Waals surface area contributed by atoms with Crippen LogP contribution in [0.4, 0.5) is 4.39 Å². The Morgan fingerprint density at radius 1 is 1.19 bits per heavy atom. The molecular weight excluding hydrogens is 269 g/mol. The van der Waals surface area contributed by atoms with E-state index in [1.54, 1.807) is 17.6 Å². The molecule has 3 rings (SSSR count). The fourth-order valence-electron chi connectivity index (χ4n) is 2.43. The molecule has 0 aliphatic heterocycles. The zero-order valence-corrected chi connectivity index (χ0v) is 11.7. The molecule has 0 saturated carbocycles. The van der Waals surface area contributed by atoms with Crippen LogP contribution in [0.1, 0.15) is 5.69 Å². The van der Waals surface area contributed by atoms with Gasteiger partial charge in [-0.2, -0.15) is 0 Å². The summed E-state index contributed by atoms with van der Waals surface area (Å²) in [5.41, 5.74) is 9.07. The lowest BCUT2D eigenvalue weighted by molar-refractivity contribution is 0.415. The van der Waals surface area contributed by atoms with Gasteiger partial charge in [0.1, 0.15) is 17.2 Å². The van der Waals surface area contributed by atoms with E-state index in [1.807, 2.05) is 24.3 Å². The Labute approximate surface area is 122 Å². The summed E-state index contributed by atoms with van der Waals surface area (Å²) in [4.78, 5) is 4.55. The Morgan fingerprint density at radius 2 is 1.95 bits per heavy atom. The second kappa shape index (κ2) is 5.54. The van der Waals surface area contributed by atoms with Crippen LogP contribution in [0.25, 0.3) is 16.9 Å². The molecule has 2 aromatic heterocycles. The van der Waals surface area contributed by atoms with Gasteiger partial charge in [-0.1, -0.05) is 0 Å². The molecular formula is C16H16FN3O. The number of nitrogens with two attached hydrogens (primary N) is 1. The van der Waals surface area contributed by atoms with E-state index >= 15 is 0 Å². The minimum atomic E-state index is -0.297. The number of halogens is 1. The molecule has 5 heteroatoms. The fourth-order valence-corrected chi connectivity index (χ4v) is 2.43. The summed E-state index contributed by atoms with van der Waals surface area (Å²) in [7, 11) is 1.62. The molecule has 21 heavy (non-hydrogen) atoms.